The van der Waals surface area contributed by atoms with Crippen LogP contribution in [0.4, 0.5) is 0 Å². The van der Waals surface area contributed by atoms with Crippen LogP contribution in [-0.4, -0.2) is 25.2 Å². The number of nitrogens with zero attached hydrogens (tertiary/aromatic N) is 2. The van der Waals surface area contributed by atoms with Crippen molar-refractivity contribution in [3.63, 3.8) is 0 Å². The molecule has 0 aromatic heterocycles. The smallest absolute Gasteiger partial charge is 0.0646 e. The molecule has 10 heavy (non-hydrogen) atoms. The summed E-state index contributed by atoms with van der Waals surface area (Å²) in [5.74, 6) is 0. The van der Waals surface area contributed by atoms with Crippen LogP contribution in [0.25, 0.3) is 0 Å². The van der Waals surface area contributed by atoms with E-state index in [1.807, 2.05) is 13.1 Å². The van der Waals surface area contributed by atoms with Gasteiger partial charge in [-0.25, -0.2) is 0 Å². The zero-order valence-electron chi connectivity index (χ0n) is 6.30. The van der Waals surface area contributed by atoms with Crippen LogP contribution in [-0.2, 0) is 0 Å². The standard InChI is InChI=1S/C8H12N2/c1-4-8-7(9-2)5-6-10(8)3/h4H,1-2,5-6H2,3H3. The number of rotatable bonds is 2. The van der Waals surface area contributed by atoms with Gasteiger partial charge in [0.1, 0.15) is 0 Å². The van der Waals surface area contributed by atoms with E-state index in [0.717, 1.165) is 24.4 Å². The number of likely N-dealkylation sites (N-methyl/N-ethyl adjacent to an activating group) is 1. The Balaban J connectivity index is 2.91. The van der Waals surface area contributed by atoms with Crippen LogP contribution in [0.15, 0.2) is 29.0 Å². The fourth-order valence-electron chi connectivity index (χ4n) is 1.18. The van der Waals surface area contributed by atoms with Crippen molar-refractivity contribution in [2.45, 2.75) is 6.42 Å². The summed E-state index contributed by atoms with van der Waals surface area (Å²) >= 11 is 0. The van der Waals surface area contributed by atoms with E-state index in [1.165, 1.54) is 0 Å². The van der Waals surface area contributed by atoms with Gasteiger partial charge in [0.05, 0.1) is 11.4 Å². The molecule has 0 aliphatic carbocycles. The number of hydrogen-bond donors (Lipinski definition) is 0. The van der Waals surface area contributed by atoms with Crippen LogP contribution >= 0.6 is 0 Å². The Morgan fingerprint density at radius 3 is 2.80 bits per heavy atom. The largest absolute Gasteiger partial charge is 0.373 e. The molecule has 1 rings (SSSR count). The van der Waals surface area contributed by atoms with Gasteiger partial charge in [0.25, 0.3) is 0 Å². The molecule has 0 aromatic rings. The van der Waals surface area contributed by atoms with Crippen molar-refractivity contribution in [1.29, 1.82) is 0 Å². The second kappa shape index (κ2) is 2.69. The maximum Gasteiger partial charge on any atom is 0.0646 e. The first-order chi connectivity index (χ1) is 4.79. The highest BCUT2D eigenvalue weighted by Crippen LogP contribution is 2.21. The van der Waals surface area contributed by atoms with Crippen molar-refractivity contribution in [1.82, 2.24) is 4.90 Å². The molecule has 2 heteroatoms. The molecule has 0 radical (unpaired) electrons. The molecule has 0 fully saturated rings. The third kappa shape index (κ3) is 0.967. The van der Waals surface area contributed by atoms with Crippen LogP contribution in [0.1, 0.15) is 6.42 Å². The first-order valence-electron chi connectivity index (χ1n) is 3.33. The van der Waals surface area contributed by atoms with E-state index in [0.29, 0.717) is 0 Å². The molecule has 0 aromatic carbocycles. The summed E-state index contributed by atoms with van der Waals surface area (Å²) in [7, 11) is 2.04. The third-order valence-corrected chi connectivity index (χ3v) is 1.78. The van der Waals surface area contributed by atoms with Crippen molar-refractivity contribution < 1.29 is 0 Å². The zero-order chi connectivity index (χ0) is 7.56. The quantitative estimate of drug-likeness (QED) is 0.524. The molecule has 0 amide bonds. The van der Waals surface area contributed by atoms with Crippen molar-refractivity contribution >= 4 is 6.72 Å². The van der Waals surface area contributed by atoms with E-state index >= 15 is 0 Å². The predicted octanol–water partition coefficient (Wildman–Crippen LogP) is 1.42. The Bertz CT molecular complexity index is 191. The van der Waals surface area contributed by atoms with Crippen LogP contribution < -0.4 is 0 Å². The SMILES string of the molecule is C=CC1=C(N=C)CCN1C. The Morgan fingerprint density at radius 1 is 1.70 bits per heavy atom. The highest BCUT2D eigenvalue weighted by Gasteiger charge is 2.14. The van der Waals surface area contributed by atoms with E-state index < -0.39 is 0 Å². The molecule has 1 heterocycles. The first kappa shape index (κ1) is 7.06. The van der Waals surface area contributed by atoms with E-state index in [1.54, 1.807) is 0 Å². The van der Waals surface area contributed by atoms with Crippen molar-refractivity contribution in [2.24, 2.45) is 4.99 Å². The second-order valence-electron chi connectivity index (χ2n) is 2.37. The Hall–Kier alpha value is -1.05. The van der Waals surface area contributed by atoms with Crippen LogP contribution in [0.2, 0.25) is 0 Å². The summed E-state index contributed by atoms with van der Waals surface area (Å²) in [6.45, 7) is 8.23. The van der Waals surface area contributed by atoms with Gasteiger partial charge in [-0.15, -0.1) is 0 Å². The molecule has 0 spiro atoms. The van der Waals surface area contributed by atoms with Crippen LogP contribution in [0.5, 0.6) is 0 Å². The molecule has 0 saturated carbocycles. The fraction of sp³-hybridized carbons (Fsp3) is 0.375. The lowest BCUT2D eigenvalue weighted by atomic mass is 10.3. The third-order valence-electron chi connectivity index (χ3n) is 1.78. The Labute approximate surface area is 61.6 Å². The summed E-state index contributed by atoms with van der Waals surface area (Å²) < 4.78 is 0. The molecule has 0 atom stereocenters. The van der Waals surface area contributed by atoms with Crippen molar-refractivity contribution in [3.8, 4) is 0 Å². The topological polar surface area (TPSA) is 15.6 Å². The number of hydrogen-bond acceptors (Lipinski definition) is 2. The number of allylic oxidation sites excluding steroid dienone is 1. The molecule has 0 saturated heterocycles. The van der Waals surface area contributed by atoms with Crippen LogP contribution in [0, 0.1) is 0 Å². The normalized spacial score (nSPS) is 17.9. The molecule has 0 bridgehead atoms. The lowest BCUT2D eigenvalue weighted by Crippen LogP contribution is -2.10. The maximum absolute atomic E-state index is 3.91. The second-order valence-corrected chi connectivity index (χ2v) is 2.37. The van der Waals surface area contributed by atoms with Gasteiger partial charge in [-0.1, -0.05) is 6.58 Å². The minimum atomic E-state index is 1.00. The van der Waals surface area contributed by atoms with Gasteiger partial charge in [0, 0.05) is 20.0 Å². The molecular weight excluding hydrogens is 124 g/mol. The summed E-state index contributed by atoms with van der Waals surface area (Å²) in [5, 5.41) is 0. The van der Waals surface area contributed by atoms with E-state index in [9.17, 15) is 0 Å². The molecule has 2 nitrogen and oxygen atoms in total. The Kier molecular flexibility index (Phi) is 1.90. The summed E-state index contributed by atoms with van der Waals surface area (Å²) in [6, 6.07) is 0. The van der Waals surface area contributed by atoms with Gasteiger partial charge in [0.2, 0.25) is 0 Å². The van der Waals surface area contributed by atoms with Gasteiger partial charge in [-0.2, -0.15) is 0 Å². The minimum absolute atomic E-state index is 1.00. The number of aliphatic imine (C=N–C) groups is 1. The monoisotopic (exact) mass is 136 g/mol. The van der Waals surface area contributed by atoms with Crippen molar-refractivity contribution in [2.75, 3.05) is 13.6 Å². The maximum atomic E-state index is 3.91. The van der Waals surface area contributed by atoms with Gasteiger partial charge in [-0.3, -0.25) is 4.99 Å². The van der Waals surface area contributed by atoms with Crippen molar-refractivity contribution in [3.05, 3.63) is 24.0 Å². The van der Waals surface area contributed by atoms with Gasteiger partial charge >= 0.3 is 0 Å². The van der Waals surface area contributed by atoms with Gasteiger partial charge < -0.3 is 4.90 Å². The van der Waals surface area contributed by atoms with E-state index in [4.69, 9.17) is 0 Å². The van der Waals surface area contributed by atoms with Gasteiger partial charge in [0.15, 0.2) is 0 Å². The molecule has 0 N–H and O–H groups in total. The van der Waals surface area contributed by atoms with E-state index in [-0.39, 0.29) is 0 Å². The molecule has 1 aliphatic heterocycles. The molecule has 1 aliphatic rings. The molecular formula is C8H12N2. The summed E-state index contributed by atoms with van der Waals surface area (Å²) in [5.41, 5.74) is 2.19. The average Bonchev–Trinajstić information content (AvgIpc) is 2.30. The highest BCUT2D eigenvalue weighted by atomic mass is 15.1. The summed E-state index contributed by atoms with van der Waals surface area (Å²) in [4.78, 5) is 6.04. The predicted molar refractivity (Wildman–Crippen MR) is 44.0 cm³/mol. The highest BCUT2D eigenvalue weighted by molar-refractivity contribution is 5.35. The average molecular weight is 136 g/mol. The van der Waals surface area contributed by atoms with E-state index in [2.05, 4.69) is 23.2 Å². The zero-order valence-corrected chi connectivity index (χ0v) is 6.30. The minimum Gasteiger partial charge on any atom is -0.373 e. The summed E-state index contributed by atoms with van der Waals surface area (Å²) in [6.07, 6.45) is 2.83. The molecule has 0 unspecified atom stereocenters. The first-order valence-corrected chi connectivity index (χ1v) is 3.33. The lowest BCUT2D eigenvalue weighted by molar-refractivity contribution is 0.472. The van der Waals surface area contributed by atoms with Gasteiger partial charge in [-0.05, 0) is 12.8 Å². The van der Waals surface area contributed by atoms with Crippen LogP contribution in [0.3, 0.4) is 0 Å². The molecule has 54 valence electrons. The fourth-order valence-corrected chi connectivity index (χ4v) is 1.18. The lowest BCUT2D eigenvalue weighted by Gasteiger charge is -2.11. The Morgan fingerprint density at radius 2 is 2.40 bits per heavy atom.